The maximum atomic E-state index is 12.9. The van der Waals surface area contributed by atoms with E-state index < -0.39 is 5.91 Å². The summed E-state index contributed by atoms with van der Waals surface area (Å²) in [5.41, 5.74) is 2.81. The van der Waals surface area contributed by atoms with Crippen molar-refractivity contribution >= 4 is 22.8 Å². The van der Waals surface area contributed by atoms with Crippen LogP contribution in [0.5, 0.6) is 0 Å². The van der Waals surface area contributed by atoms with Crippen molar-refractivity contribution in [1.29, 1.82) is 0 Å². The lowest BCUT2D eigenvalue weighted by Gasteiger charge is -2.14. The molecule has 0 saturated heterocycles. The van der Waals surface area contributed by atoms with E-state index in [-0.39, 0.29) is 22.6 Å². The van der Waals surface area contributed by atoms with Crippen LogP contribution in [0.3, 0.4) is 0 Å². The standard InChI is InChI=1S/C22H23N7O2/c1-12-13(2)24-21(27-19(12)30)29-18(10-17(28-29)22(3,4)5)26-20(31)16-11-23-14-8-6-7-9-15(14)25-16/h6-11H,1-5H3,(H,26,31)(H,24,27,30). The Morgan fingerprint density at radius 1 is 1.10 bits per heavy atom. The second-order valence-electron chi connectivity index (χ2n) is 8.37. The lowest BCUT2D eigenvalue weighted by atomic mass is 9.92. The summed E-state index contributed by atoms with van der Waals surface area (Å²) in [5.74, 6) is 0.158. The average Bonchev–Trinajstić information content (AvgIpc) is 3.15. The molecule has 1 amide bonds. The van der Waals surface area contributed by atoms with E-state index in [4.69, 9.17) is 0 Å². The van der Waals surface area contributed by atoms with Gasteiger partial charge in [0.25, 0.3) is 11.5 Å². The molecule has 0 fully saturated rings. The molecule has 0 saturated carbocycles. The van der Waals surface area contributed by atoms with Crippen molar-refractivity contribution in [3.8, 4) is 5.95 Å². The molecule has 0 bridgehead atoms. The van der Waals surface area contributed by atoms with Crippen LogP contribution >= 0.6 is 0 Å². The molecule has 0 atom stereocenters. The summed E-state index contributed by atoms with van der Waals surface area (Å²) >= 11 is 0. The van der Waals surface area contributed by atoms with Crippen LogP contribution in [0, 0.1) is 13.8 Å². The highest BCUT2D eigenvalue weighted by molar-refractivity contribution is 6.03. The number of aryl methyl sites for hydroxylation is 1. The van der Waals surface area contributed by atoms with Crippen LogP contribution in [0.15, 0.2) is 41.3 Å². The van der Waals surface area contributed by atoms with Crippen LogP contribution in [0.25, 0.3) is 17.0 Å². The summed E-state index contributed by atoms with van der Waals surface area (Å²) < 4.78 is 1.43. The molecule has 31 heavy (non-hydrogen) atoms. The number of nitrogens with one attached hydrogen (secondary N) is 2. The highest BCUT2D eigenvalue weighted by atomic mass is 16.2. The first-order valence-electron chi connectivity index (χ1n) is 9.85. The number of carbonyl (C=O) groups is 1. The van der Waals surface area contributed by atoms with Crippen molar-refractivity contribution in [3.05, 3.63) is 69.5 Å². The summed E-state index contributed by atoms with van der Waals surface area (Å²) in [6.07, 6.45) is 1.43. The fourth-order valence-electron chi connectivity index (χ4n) is 2.98. The van der Waals surface area contributed by atoms with E-state index >= 15 is 0 Å². The molecule has 2 N–H and O–H groups in total. The number of amides is 1. The Balaban J connectivity index is 1.77. The van der Waals surface area contributed by atoms with Crippen molar-refractivity contribution in [3.63, 3.8) is 0 Å². The van der Waals surface area contributed by atoms with Gasteiger partial charge in [-0.05, 0) is 26.0 Å². The molecule has 4 rings (SSSR count). The van der Waals surface area contributed by atoms with Crippen molar-refractivity contribution in [2.75, 3.05) is 5.32 Å². The number of nitrogens with zero attached hydrogens (tertiary/aromatic N) is 5. The molecular formula is C22H23N7O2. The third-order valence-corrected chi connectivity index (χ3v) is 4.98. The number of aromatic amines is 1. The summed E-state index contributed by atoms with van der Waals surface area (Å²) in [7, 11) is 0. The van der Waals surface area contributed by atoms with Gasteiger partial charge in [-0.2, -0.15) is 9.78 Å². The first-order valence-corrected chi connectivity index (χ1v) is 9.85. The highest BCUT2D eigenvalue weighted by Gasteiger charge is 2.23. The molecule has 0 aliphatic heterocycles. The normalized spacial score (nSPS) is 11.6. The van der Waals surface area contributed by atoms with Gasteiger partial charge in [0.1, 0.15) is 11.5 Å². The van der Waals surface area contributed by atoms with Gasteiger partial charge in [-0.25, -0.2) is 9.97 Å². The number of rotatable bonds is 3. The minimum Gasteiger partial charge on any atom is -0.305 e. The first-order chi connectivity index (χ1) is 14.6. The van der Waals surface area contributed by atoms with Crippen LogP contribution in [0.4, 0.5) is 5.82 Å². The summed E-state index contributed by atoms with van der Waals surface area (Å²) in [6.45, 7) is 9.49. The summed E-state index contributed by atoms with van der Waals surface area (Å²) in [5, 5.41) is 7.43. The molecule has 4 aromatic rings. The van der Waals surface area contributed by atoms with Crippen molar-refractivity contribution in [2.45, 2.75) is 40.0 Å². The molecule has 9 nitrogen and oxygen atoms in total. The number of benzene rings is 1. The Morgan fingerprint density at radius 2 is 1.81 bits per heavy atom. The first kappa shape index (κ1) is 20.4. The second-order valence-corrected chi connectivity index (χ2v) is 8.37. The van der Waals surface area contributed by atoms with Gasteiger partial charge >= 0.3 is 0 Å². The third kappa shape index (κ3) is 3.94. The fourth-order valence-corrected chi connectivity index (χ4v) is 2.98. The van der Waals surface area contributed by atoms with Crippen LogP contribution in [0.2, 0.25) is 0 Å². The van der Waals surface area contributed by atoms with Crippen LogP contribution in [-0.4, -0.2) is 35.6 Å². The summed E-state index contributed by atoms with van der Waals surface area (Å²) in [6, 6.07) is 9.09. The molecule has 0 aliphatic rings. The molecule has 0 spiro atoms. The van der Waals surface area contributed by atoms with Gasteiger partial charge in [-0.3, -0.25) is 19.6 Å². The number of H-pyrrole nitrogens is 1. The Hall–Kier alpha value is -3.88. The van der Waals surface area contributed by atoms with Gasteiger partial charge < -0.3 is 5.32 Å². The van der Waals surface area contributed by atoms with Crippen molar-refractivity contribution in [2.24, 2.45) is 0 Å². The maximum absolute atomic E-state index is 12.9. The number of anilines is 1. The zero-order valence-electron chi connectivity index (χ0n) is 18.0. The lowest BCUT2D eigenvalue weighted by Crippen LogP contribution is -2.21. The third-order valence-electron chi connectivity index (χ3n) is 4.98. The van der Waals surface area contributed by atoms with E-state index in [1.165, 1.54) is 10.9 Å². The molecule has 9 heteroatoms. The van der Waals surface area contributed by atoms with E-state index in [1.807, 2.05) is 39.0 Å². The molecular weight excluding hydrogens is 394 g/mol. The zero-order valence-corrected chi connectivity index (χ0v) is 18.0. The molecule has 0 unspecified atom stereocenters. The summed E-state index contributed by atoms with van der Waals surface area (Å²) in [4.78, 5) is 41.1. The van der Waals surface area contributed by atoms with Crippen LogP contribution in [-0.2, 0) is 5.41 Å². The molecule has 3 heterocycles. The number of fused-ring (bicyclic) bond motifs is 1. The van der Waals surface area contributed by atoms with Gasteiger partial charge in [0.2, 0.25) is 5.95 Å². The predicted molar refractivity (Wildman–Crippen MR) is 118 cm³/mol. The van der Waals surface area contributed by atoms with Gasteiger partial charge in [0.15, 0.2) is 0 Å². The lowest BCUT2D eigenvalue weighted by molar-refractivity contribution is 0.102. The van der Waals surface area contributed by atoms with E-state index in [0.717, 1.165) is 5.69 Å². The van der Waals surface area contributed by atoms with E-state index in [0.29, 0.717) is 28.1 Å². The Bertz CT molecular complexity index is 1360. The van der Waals surface area contributed by atoms with E-state index in [1.54, 1.807) is 26.0 Å². The molecule has 0 aliphatic carbocycles. The maximum Gasteiger partial charge on any atom is 0.277 e. The minimum absolute atomic E-state index is 0.172. The van der Waals surface area contributed by atoms with Crippen LogP contribution in [0.1, 0.15) is 48.2 Å². The molecule has 1 aromatic carbocycles. The Kier molecular flexibility index (Phi) is 4.88. The van der Waals surface area contributed by atoms with Crippen molar-refractivity contribution < 1.29 is 4.79 Å². The Morgan fingerprint density at radius 3 is 2.48 bits per heavy atom. The quantitative estimate of drug-likeness (QED) is 0.529. The van der Waals surface area contributed by atoms with Crippen molar-refractivity contribution in [1.82, 2.24) is 29.7 Å². The topological polar surface area (TPSA) is 118 Å². The Labute approximate surface area is 178 Å². The molecule has 0 radical (unpaired) electrons. The van der Waals surface area contributed by atoms with E-state index in [2.05, 4.69) is 30.4 Å². The van der Waals surface area contributed by atoms with Gasteiger partial charge in [0, 0.05) is 22.7 Å². The molecule has 158 valence electrons. The fraction of sp³-hybridized carbons (Fsp3) is 0.273. The monoisotopic (exact) mass is 417 g/mol. The SMILES string of the molecule is Cc1nc(-n2nc(C(C)(C)C)cc2NC(=O)c2cnc3ccccc3n2)[nH]c(=O)c1C. The molecule has 3 aromatic heterocycles. The van der Waals surface area contributed by atoms with Gasteiger partial charge in [-0.15, -0.1) is 0 Å². The predicted octanol–water partition coefficient (Wildman–Crippen LogP) is 3.07. The van der Waals surface area contributed by atoms with Gasteiger partial charge in [0.05, 0.1) is 22.9 Å². The zero-order chi connectivity index (χ0) is 22.3. The number of aromatic nitrogens is 6. The number of para-hydroxylation sites is 2. The van der Waals surface area contributed by atoms with E-state index in [9.17, 15) is 9.59 Å². The number of hydrogen-bond donors (Lipinski definition) is 2. The second kappa shape index (κ2) is 7.42. The number of carbonyl (C=O) groups excluding carboxylic acids is 1. The van der Waals surface area contributed by atoms with Gasteiger partial charge in [-0.1, -0.05) is 32.9 Å². The minimum atomic E-state index is -0.439. The highest BCUT2D eigenvalue weighted by Crippen LogP contribution is 2.25. The number of hydrogen-bond acceptors (Lipinski definition) is 6. The average molecular weight is 417 g/mol. The largest absolute Gasteiger partial charge is 0.305 e. The van der Waals surface area contributed by atoms with Crippen LogP contribution < -0.4 is 10.9 Å². The smallest absolute Gasteiger partial charge is 0.277 e.